The SMILES string of the molecule is [C-]#[N+]c1cc(C(C)C)ccc1C. The molecule has 0 spiro atoms. The van der Waals surface area contributed by atoms with E-state index in [4.69, 9.17) is 6.57 Å². The molecular formula is C11H13N. The summed E-state index contributed by atoms with van der Waals surface area (Å²) in [4.78, 5) is 3.46. The van der Waals surface area contributed by atoms with Gasteiger partial charge in [0.2, 0.25) is 0 Å². The molecule has 0 amide bonds. The van der Waals surface area contributed by atoms with Gasteiger partial charge in [0.15, 0.2) is 5.69 Å². The first kappa shape index (κ1) is 8.80. The topological polar surface area (TPSA) is 4.36 Å². The van der Waals surface area contributed by atoms with E-state index >= 15 is 0 Å². The van der Waals surface area contributed by atoms with Gasteiger partial charge in [-0.1, -0.05) is 37.6 Å². The fourth-order valence-electron chi connectivity index (χ4n) is 1.11. The Balaban J connectivity index is 3.16. The van der Waals surface area contributed by atoms with Crippen molar-refractivity contribution in [2.24, 2.45) is 0 Å². The van der Waals surface area contributed by atoms with Crippen LogP contribution in [0.2, 0.25) is 0 Å². The summed E-state index contributed by atoms with van der Waals surface area (Å²) >= 11 is 0. The van der Waals surface area contributed by atoms with Crippen LogP contribution in [0.3, 0.4) is 0 Å². The average molecular weight is 159 g/mol. The van der Waals surface area contributed by atoms with Crippen molar-refractivity contribution in [3.8, 4) is 0 Å². The largest absolute Gasteiger partial charge is 0.238 e. The average Bonchev–Trinajstić information content (AvgIpc) is 2.05. The van der Waals surface area contributed by atoms with Crippen LogP contribution in [0.1, 0.15) is 30.9 Å². The molecule has 62 valence electrons. The summed E-state index contributed by atoms with van der Waals surface area (Å²) in [5.74, 6) is 0.506. The first-order chi connectivity index (χ1) is 5.65. The zero-order valence-corrected chi connectivity index (χ0v) is 7.76. The van der Waals surface area contributed by atoms with Gasteiger partial charge in [-0.25, -0.2) is 4.85 Å². The summed E-state index contributed by atoms with van der Waals surface area (Å²) in [6, 6.07) is 6.09. The third-order valence-corrected chi connectivity index (χ3v) is 2.02. The van der Waals surface area contributed by atoms with E-state index in [0.717, 1.165) is 11.3 Å². The molecule has 0 heterocycles. The van der Waals surface area contributed by atoms with Crippen molar-refractivity contribution in [2.45, 2.75) is 26.7 Å². The van der Waals surface area contributed by atoms with Crippen LogP contribution in [0, 0.1) is 13.5 Å². The van der Waals surface area contributed by atoms with E-state index in [-0.39, 0.29) is 0 Å². The molecule has 0 fully saturated rings. The van der Waals surface area contributed by atoms with E-state index in [1.54, 1.807) is 0 Å². The highest BCUT2D eigenvalue weighted by Crippen LogP contribution is 2.24. The van der Waals surface area contributed by atoms with Crippen LogP contribution in [0.15, 0.2) is 18.2 Å². The molecule has 0 N–H and O–H groups in total. The highest BCUT2D eigenvalue weighted by atomic mass is 14.6. The standard InChI is InChI=1S/C11H13N/c1-8(2)10-6-5-9(3)11(7-10)12-4/h5-8H,1-3H3. The summed E-state index contributed by atoms with van der Waals surface area (Å²) in [5, 5.41) is 0. The summed E-state index contributed by atoms with van der Waals surface area (Å²) in [7, 11) is 0. The molecule has 0 aliphatic rings. The predicted octanol–water partition coefficient (Wildman–Crippen LogP) is 3.67. The van der Waals surface area contributed by atoms with Crippen molar-refractivity contribution >= 4 is 5.69 Å². The second kappa shape index (κ2) is 3.40. The molecule has 0 radical (unpaired) electrons. The van der Waals surface area contributed by atoms with Gasteiger partial charge in [0.05, 0.1) is 6.57 Å². The lowest BCUT2D eigenvalue weighted by molar-refractivity contribution is 0.867. The van der Waals surface area contributed by atoms with E-state index in [2.05, 4.69) is 24.8 Å². The molecule has 0 aliphatic heterocycles. The Kier molecular flexibility index (Phi) is 2.50. The van der Waals surface area contributed by atoms with Crippen LogP contribution in [0.4, 0.5) is 5.69 Å². The Hall–Kier alpha value is -1.29. The predicted molar refractivity (Wildman–Crippen MR) is 51.5 cm³/mol. The Bertz CT molecular complexity index is 318. The van der Waals surface area contributed by atoms with Gasteiger partial charge in [-0.3, -0.25) is 0 Å². The van der Waals surface area contributed by atoms with Crippen molar-refractivity contribution in [1.82, 2.24) is 0 Å². The minimum absolute atomic E-state index is 0.506. The molecule has 0 atom stereocenters. The molecular weight excluding hydrogens is 146 g/mol. The fourth-order valence-corrected chi connectivity index (χ4v) is 1.11. The van der Waals surface area contributed by atoms with E-state index in [1.807, 2.05) is 19.1 Å². The first-order valence-corrected chi connectivity index (χ1v) is 4.13. The molecule has 0 bridgehead atoms. The molecule has 1 heteroatoms. The number of nitrogens with zero attached hydrogens (tertiary/aromatic N) is 1. The van der Waals surface area contributed by atoms with Gasteiger partial charge in [0, 0.05) is 0 Å². The normalized spacial score (nSPS) is 9.92. The van der Waals surface area contributed by atoms with Gasteiger partial charge < -0.3 is 0 Å². The Morgan fingerprint density at radius 2 is 2.00 bits per heavy atom. The number of aryl methyl sites for hydroxylation is 1. The third-order valence-electron chi connectivity index (χ3n) is 2.02. The van der Waals surface area contributed by atoms with E-state index in [0.29, 0.717) is 5.92 Å². The van der Waals surface area contributed by atoms with Crippen LogP contribution in [-0.4, -0.2) is 0 Å². The van der Waals surface area contributed by atoms with Crippen molar-refractivity contribution in [3.05, 3.63) is 40.7 Å². The lowest BCUT2D eigenvalue weighted by Crippen LogP contribution is -1.86. The number of hydrogen-bond acceptors (Lipinski definition) is 0. The molecule has 1 nitrogen and oxygen atoms in total. The molecule has 0 unspecified atom stereocenters. The molecule has 1 rings (SSSR count). The van der Waals surface area contributed by atoms with Gasteiger partial charge in [-0.15, -0.1) is 0 Å². The van der Waals surface area contributed by atoms with Crippen LogP contribution in [0.25, 0.3) is 4.85 Å². The van der Waals surface area contributed by atoms with E-state index in [9.17, 15) is 0 Å². The molecule has 0 aromatic heterocycles. The van der Waals surface area contributed by atoms with Gasteiger partial charge >= 0.3 is 0 Å². The second-order valence-corrected chi connectivity index (χ2v) is 3.31. The Labute approximate surface area is 73.9 Å². The summed E-state index contributed by atoms with van der Waals surface area (Å²) in [5.41, 5.74) is 3.09. The minimum Gasteiger partial charge on any atom is -0.238 e. The summed E-state index contributed by atoms with van der Waals surface area (Å²) in [6.45, 7) is 13.2. The third kappa shape index (κ3) is 1.65. The quantitative estimate of drug-likeness (QED) is 0.551. The molecule has 0 saturated heterocycles. The van der Waals surface area contributed by atoms with E-state index in [1.165, 1.54) is 5.56 Å². The zero-order chi connectivity index (χ0) is 9.14. The van der Waals surface area contributed by atoms with Crippen molar-refractivity contribution < 1.29 is 0 Å². The van der Waals surface area contributed by atoms with Crippen molar-refractivity contribution in [1.29, 1.82) is 0 Å². The van der Waals surface area contributed by atoms with E-state index < -0.39 is 0 Å². The maximum atomic E-state index is 6.95. The monoisotopic (exact) mass is 159 g/mol. The Morgan fingerprint density at radius 1 is 1.33 bits per heavy atom. The van der Waals surface area contributed by atoms with Crippen LogP contribution in [-0.2, 0) is 0 Å². The highest BCUT2D eigenvalue weighted by molar-refractivity contribution is 5.53. The number of benzene rings is 1. The fraction of sp³-hybridized carbons (Fsp3) is 0.364. The van der Waals surface area contributed by atoms with Crippen molar-refractivity contribution in [3.63, 3.8) is 0 Å². The maximum Gasteiger partial charge on any atom is 0.190 e. The summed E-state index contributed by atoms with van der Waals surface area (Å²) < 4.78 is 0. The van der Waals surface area contributed by atoms with Crippen LogP contribution < -0.4 is 0 Å². The first-order valence-electron chi connectivity index (χ1n) is 4.13. The lowest BCUT2D eigenvalue weighted by atomic mass is 10.0. The van der Waals surface area contributed by atoms with Gasteiger partial charge in [-0.05, 0) is 18.4 Å². The minimum atomic E-state index is 0.506. The molecule has 0 aliphatic carbocycles. The number of rotatable bonds is 1. The van der Waals surface area contributed by atoms with Gasteiger partial charge in [-0.2, -0.15) is 0 Å². The van der Waals surface area contributed by atoms with Gasteiger partial charge in [0.1, 0.15) is 0 Å². The molecule has 12 heavy (non-hydrogen) atoms. The smallest absolute Gasteiger partial charge is 0.190 e. The number of hydrogen-bond donors (Lipinski definition) is 0. The lowest BCUT2D eigenvalue weighted by Gasteiger charge is -2.06. The second-order valence-electron chi connectivity index (χ2n) is 3.31. The highest BCUT2D eigenvalue weighted by Gasteiger charge is 2.02. The molecule has 0 saturated carbocycles. The van der Waals surface area contributed by atoms with Gasteiger partial charge in [0.25, 0.3) is 0 Å². The molecule has 1 aromatic carbocycles. The molecule has 1 aromatic rings. The van der Waals surface area contributed by atoms with Crippen LogP contribution >= 0.6 is 0 Å². The Morgan fingerprint density at radius 3 is 2.50 bits per heavy atom. The zero-order valence-electron chi connectivity index (χ0n) is 7.76. The maximum absolute atomic E-state index is 6.95. The van der Waals surface area contributed by atoms with Crippen molar-refractivity contribution in [2.75, 3.05) is 0 Å². The summed E-state index contributed by atoms with van der Waals surface area (Å²) in [6.07, 6.45) is 0. The van der Waals surface area contributed by atoms with Crippen LogP contribution in [0.5, 0.6) is 0 Å².